The number of aromatic nitrogens is 2. The zero-order chi connectivity index (χ0) is 47.1. The van der Waals surface area contributed by atoms with Gasteiger partial charge in [-0.1, -0.05) is 174 Å². The number of rotatable bonds is 40. The smallest absolute Gasteiger partial charge is 0.481 e. The summed E-state index contributed by atoms with van der Waals surface area (Å²) in [4.78, 5) is 61.5. The Morgan fingerprint density at radius 1 is 0.697 bits per heavy atom. The van der Waals surface area contributed by atoms with Gasteiger partial charge in [0.1, 0.15) is 18.7 Å². The van der Waals surface area contributed by atoms with Crippen molar-refractivity contribution in [3.05, 3.63) is 22.7 Å². The molecule has 0 aliphatic carbocycles. The summed E-state index contributed by atoms with van der Waals surface area (Å²) in [5.41, 5.74) is 4.49. The zero-order valence-corrected chi connectivity index (χ0v) is 42.3. The number of quaternary nitrogens is 2. The molecule has 2 unspecified atom stereocenters. The average Bonchev–Trinajstić information content (AvgIpc) is 3.52. The van der Waals surface area contributed by atoms with Crippen LogP contribution in [0.15, 0.2) is 17.1 Å². The predicted molar refractivity (Wildman–Crippen MR) is 250 cm³/mol. The van der Waals surface area contributed by atoms with E-state index in [-0.39, 0.29) is 31.0 Å². The van der Waals surface area contributed by atoms with E-state index in [0.29, 0.717) is 12.8 Å². The van der Waals surface area contributed by atoms with Gasteiger partial charge in [0.25, 0.3) is 0 Å². The monoisotopic (exact) mass is 988 g/mol. The van der Waals surface area contributed by atoms with E-state index in [1.807, 2.05) is 0 Å². The molecule has 1 saturated heterocycles. The Labute approximate surface area is 393 Å². The fraction of sp³-hybridized carbons (Fsp3) is 0.864. The number of phosphoric acid groups is 2. The largest absolute Gasteiger partial charge is 0.851 e. The van der Waals surface area contributed by atoms with Crippen molar-refractivity contribution < 1.29 is 66.3 Å². The zero-order valence-electron chi connectivity index (χ0n) is 40.5. The van der Waals surface area contributed by atoms with Crippen molar-refractivity contribution in [3.63, 3.8) is 0 Å². The van der Waals surface area contributed by atoms with E-state index >= 15 is 0 Å². The minimum absolute atomic E-state index is 0. The number of carbonyl (C=O) groups excluding carboxylic acids is 2. The van der Waals surface area contributed by atoms with E-state index < -0.39 is 83.7 Å². The quantitative estimate of drug-likeness (QED) is 0.0233. The molecule has 1 aromatic rings. The van der Waals surface area contributed by atoms with Gasteiger partial charge >= 0.3 is 33.3 Å². The van der Waals surface area contributed by atoms with Gasteiger partial charge in [-0.3, -0.25) is 23.2 Å². The number of phosphoric ester groups is 2. The van der Waals surface area contributed by atoms with Crippen LogP contribution in [0, 0.1) is 0 Å². The molecular weight excluding hydrogens is 900 g/mol. The lowest BCUT2D eigenvalue weighted by atomic mass is 10.0. The Morgan fingerprint density at radius 3 is 1.58 bits per heavy atom. The highest BCUT2D eigenvalue weighted by Gasteiger charge is 2.40. The molecule has 66 heavy (non-hydrogen) atoms. The van der Waals surface area contributed by atoms with Crippen LogP contribution in [0.3, 0.4) is 0 Å². The second-order valence-electron chi connectivity index (χ2n) is 16.9. The van der Waals surface area contributed by atoms with Gasteiger partial charge in [-0.25, -0.2) is 13.9 Å². The van der Waals surface area contributed by atoms with Gasteiger partial charge in [-0.15, -0.1) is 6.10 Å². The molecule has 2 heterocycles. The number of hydrogen-bond acceptors (Lipinski definition) is 15. The van der Waals surface area contributed by atoms with Gasteiger partial charge in [0.15, 0.2) is 6.10 Å². The van der Waals surface area contributed by atoms with E-state index in [1.54, 1.807) is 0 Å². The van der Waals surface area contributed by atoms with Crippen LogP contribution in [-0.4, -0.2) is 75.5 Å². The molecule has 1 aliphatic rings. The van der Waals surface area contributed by atoms with Crippen LogP contribution in [0.5, 0.6) is 0 Å². The summed E-state index contributed by atoms with van der Waals surface area (Å²) in [7, 11) is -10.9. The average molecular weight is 988 g/mol. The number of ether oxygens (including phenoxy) is 3. The van der Waals surface area contributed by atoms with E-state index in [2.05, 4.69) is 23.1 Å². The molecule has 12 N–H and O–H groups in total. The third-order valence-electron chi connectivity index (χ3n) is 11.1. The topological polar surface area (TPSA) is 344 Å². The first kappa shape index (κ1) is 63.7. The minimum Gasteiger partial charge on any atom is -0.851 e. The summed E-state index contributed by atoms with van der Waals surface area (Å²) in [5.74, 6) is -1.34. The number of hydrogen-bond donors (Lipinski definition) is 5. The molecule has 1 fully saturated rings. The molecule has 1 aromatic heterocycles. The molecule has 22 heteroatoms. The van der Waals surface area contributed by atoms with Crippen LogP contribution >= 0.6 is 15.6 Å². The Balaban J connectivity index is 0.0000211. The molecule has 0 spiro atoms. The van der Waals surface area contributed by atoms with Gasteiger partial charge in [-0.2, -0.15) is 9.29 Å². The summed E-state index contributed by atoms with van der Waals surface area (Å²) >= 11 is 0. The lowest BCUT2D eigenvalue weighted by Crippen LogP contribution is -2.51. The van der Waals surface area contributed by atoms with E-state index in [9.17, 15) is 43.5 Å². The van der Waals surface area contributed by atoms with Gasteiger partial charge in [0.05, 0.1) is 19.3 Å². The van der Waals surface area contributed by atoms with Gasteiger partial charge in [0, 0.05) is 19.0 Å². The highest BCUT2D eigenvalue weighted by molar-refractivity contribution is 7.61. The maximum atomic E-state index is 12.8. The summed E-state index contributed by atoms with van der Waals surface area (Å²) in [6.45, 7) is 2.02. The first-order valence-corrected chi connectivity index (χ1v) is 27.0. The first-order chi connectivity index (χ1) is 30.7. The maximum absolute atomic E-state index is 12.8. The number of unbranched alkanes of at least 4 members (excludes halogenated alkanes) is 24. The van der Waals surface area contributed by atoms with Crippen molar-refractivity contribution in [3.8, 4) is 0 Å². The van der Waals surface area contributed by atoms with Crippen molar-refractivity contribution in [2.45, 2.75) is 224 Å². The molecule has 388 valence electrons. The Kier molecular flexibility index (Phi) is 36.2. The number of carbonyl (C=O) groups is 2. The normalized spacial score (nSPS) is 19.2. The summed E-state index contributed by atoms with van der Waals surface area (Å²) in [6.07, 6.45) is 22.0. The Hall–Kier alpha value is -2.32. The summed E-state index contributed by atoms with van der Waals surface area (Å²) < 4.78 is 56.2. The van der Waals surface area contributed by atoms with Gasteiger partial charge in [-0.05, 0) is 18.9 Å². The molecule has 20 nitrogen and oxygen atoms in total. The third kappa shape index (κ3) is 29.5. The lowest BCUT2D eigenvalue weighted by Gasteiger charge is -2.33. The lowest BCUT2D eigenvalue weighted by molar-refractivity contribution is -0.527. The van der Waals surface area contributed by atoms with Crippen molar-refractivity contribution in [1.29, 1.82) is 0 Å². The summed E-state index contributed by atoms with van der Waals surface area (Å²) in [6, 6.07) is 1.20. The van der Waals surface area contributed by atoms with E-state index in [1.165, 1.54) is 109 Å². The van der Waals surface area contributed by atoms with E-state index in [0.717, 1.165) is 62.1 Å². The molecule has 0 saturated carbocycles. The van der Waals surface area contributed by atoms with Crippen molar-refractivity contribution in [2.75, 3.05) is 25.6 Å². The molecule has 0 amide bonds. The number of nitrogens with zero attached hydrogens (tertiary/aromatic N) is 2. The second kappa shape index (κ2) is 37.6. The van der Waals surface area contributed by atoms with E-state index in [4.69, 9.17) is 29.0 Å². The number of esters is 2. The molecule has 0 radical (unpaired) electrons. The fourth-order valence-electron chi connectivity index (χ4n) is 7.40. The van der Waals surface area contributed by atoms with Gasteiger partial charge in [0.2, 0.25) is 0 Å². The molecule has 0 bridgehead atoms. The molecule has 0 aromatic carbocycles. The molecule has 7 atom stereocenters. The first-order valence-electron chi connectivity index (χ1n) is 24.0. The third-order valence-corrected chi connectivity index (χ3v) is 13.7. The van der Waals surface area contributed by atoms with Crippen LogP contribution in [0.2, 0.25) is 0 Å². The molecule has 2 rings (SSSR count). The van der Waals surface area contributed by atoms with Gasteiger partial charge < -0.3 is 52.2 Å². The highest BCUT2D eigenvalue weighted by atomic mass is 31.3. The van der Waals surface area contributed by atoms with Crippen LogP contribution in [0.4, 0.5) is 5.82 Å². The SMILES string of the molecule is CCCCCCCCCCCCCCCC(=O)OC[C@H](COP(=O)(O)OP(=O)(O)OC[C@H]1O[C@@H](n2ccc(N)nc2=O)[C@H]([O-])[C@@H]1[O-])OC(=O)CCCCCCCCCCCCCCC.[NH4+].[NH4+]. The van der Waals surface area contributed by atoms with Crippen molar-refractivity contribution >= 4 is 33.4 Å². The van der Waals surface area contributed by atoms with Crippen molar-refractivity contribution in [1.82, 2.24) is 21.9 Å². The Bertz CT molecular complexity index is 1580. The predicted octanol–water partition coefficient (Wildman–Crippen LogP) is 8.60. The second-order valence-corrected chi connectivity index (χ2v) is 20.0. The highest BCUT2D eigenvalue weighted by Crippen LogP contribution is 2.60. The Morgan fingerprint density at radius 2 is 1.12 bits per heavy atom. The van der Waals surface area contributed by atoms with Crippen LogP contribution < -0.4 is 33.9 Å². The number of nitrogens with two attached hydrogens (primary N) is 1. The van der Waals surface area contributed by atoms with Crippen LogP contribution in [0.25, 0.3) is 0 Å². The standard InChI is InChI=1S/C44H79N3O15P2.2H3N/c1-3-5-7-9-11-13-15-17-19-21-23-25-27-29-39(48)57-33-36(60-40(49)30-28-26-24-22-20-18-16-14-12-10-8-6-4-2)34-58-63(53,54)62-64(55,56)59-35-37-41(50)42(51)43(61-37)47-32-31-38(45)46-44(47)52;;/h31-32,36-37,41-43H,3-30,33-35H2,1-2H3,(H,53,54)(H,55,56)(H2,45,46,52);2*1H3/q-2;;/p+2/t36-,37-,41-,42-,43-;;/m1../s1. The van der Waals surface area contributed by atoms with Crippen LogP contribution in [-0.2, 0) is 46.3 Å². The molecule has 1 aliphatic heterocycles. The maximum Gasteiger partial charge on any atom is 0.481 e. The number of anilines is 1. The van der Waals surface area contributed by atoms with Crippen molar-refractivity contribution in [2.24, 2.45) is 0 Å². The van der Waals surface area contributed by atoms with Crippen LogP contribution in [0.1, 0.15) is 200 Å². The molecular formula is C44H87N5O15P2. The summed E-state index contributed by atoms with van der Waals surface area (Å²) in [5, 5.41) is 25.2. The number of nitrogen functional groups attached to an aromatic ring is 1. The fourth-order valence-corrected chi connectivity index (χ4v) is 9.51. The minimum atomic E-state index is -5.46.